The highest BCUT2D eigenvalue weighted by molar-refractivity contribution is 9.10. The molecule has 4 nitrogen and oxygen atoms in total. The first-order valence-corrected chi connectivity index (χ1v) is 6.66. The van der Waals surface area contributed by atoms with Crippen LogP contribution in [0.4, 0.5) is 0 Å². The van der Waals surface area contributed by atoms with Crippen LogP contribution in [0.25, 0.3) is 0 Å². The molecular formula is C13H20BrNO3. The van der Waals surface area contributed by atoms with Crippen molar-refractivity contribution >= 4 is 15.9 Å². The maximum Gasteiger partial charge on any atom is 0.167 e. The van der Waals surface area contributed by atoms with Crippen molar-refractivity contribution < 1.29 is 14.2 Å². The van der Waals surface area contributed by atoms with Crippen molar-refractivity contribution in [2.24, 2.45) is 5.73 Å². The summed E-state index contributed by atoms with van der Waals surface area (Å²) in [4.78, 5) is 0. The molecule has 0 atom stereocenters. The highest BCUT2D eigenvalue weighted by Crippen LogP contribution is 2.43. The Morgan fingerprint density at radius 1 is 1.06 bits per heavy atom. The molecule has 0 unspecified atom stereocenters. The molecule has 0 aliphatic rings. The van der Waals surface area contributed by atoms with Crippen LogP contribution < -0.4 is 19.9 Å². The zero-order valence-electron chi connectivity index (χ0n) is 11.1. The molecule has 102 valence electrons. The van der Waals surface area contributed by atoms with Gasteiger partial charge in [0.25, 0.3) is 0 Å². The van der Waals surface area contributed by atoms with Crippen molar-refractivity contribution in [2.45, 2.75) is 19.3 Å². The number of halogens is 1. The minimum Gasteiger partial charge on any atom is -0.495 e. The predicted molar refractivity (Wildman–Crippen MR) is 75.8 cm³/mol. The van der Waals surface area contributed by atoms with Crippen molar-refractivity contribution in [1.29, 1.82) is 0 Å². The average Bonchev–Trinajstić information content (AvgIpc) is 2.38. The van der Waals surface area contributed by atoms with Crippen LogP contribution in [0.1, 0.15) is 18.4 Å². The Hall–Kier alpha value is -0.940. The minimum atomic E-state index is 0.690. The predicted octanol–water partition coefficient (Wildman–Crippen LogP) is 2.76. The van der Waals surface area contributed by atoms with Gasteiger partial charge < -0.3 is 19.9 Å². The molecule has 0 amide bonds. The minimum absolute atomic E-state index is 0.690. The zero-order valence-corrected chi connectivity index (χ0v) is 12.7. The highest BCUT2D eigenvalue weighted by Gasteiger charge is 2.18. The number of methoxy groups -OCH3 is 3. The first-order chi connectivity index (χ1) is 8.69. The molecule has 0 aliphatic heterocycles. The van der Waals surface area contributed by atoms with Gasteiger partial charge in [-0.05, 0) is 41.7 Å². The number of benzene rings is 1. The van der Waals surface area contributed by atoms with Crippen molar-refractivity contribution in [3.05, 3.63) is 16.1 Å². The van der Waals surface area contributed by atoms with E-state index in [2.05, 4.69) is 15.9 Å². The molecule has 1 aromatic carbocycles. The van der Waals surface area contributed by atoms with Gasteiger partial charge in [0.2, 0.25) is 0 Å². The van der Waals surface area contributed by atoms with Crippen molar-refractivity contribution in [2.75, 3.05) is 27.9 Å². The van der Waals surface area contributed by atoms with Gasteiger partial charge in [0.15, 0.2) is 11.5 Å². The Bertz CT molecular complexity index is 396. The van der Waals surface area contributed by atoms with E-state index in [1.165, 1.54) is 0 Å². The summed E-state index contributed by atoms with van der Waals surface area (Å²) in [6.07, 6.45) is 2.81. The fraction of sp³-hybridized carbons (Fsp3) is 0.538. The quantitative estimate of drug-likeness (QED) is 0.786. The van der Waals surface area contributed by atoms with E-state index in [9.17, 15) is 0 Å². The molecule has 0 spiro atoms. The molecule has 1 rings (SSSR count). The van der Waals surface area contributed by atoms with E-state index >= 15 is 0 Å². The summed E-state index contributed by atoms with van der Waals surface area (Å²) in [5.41, 5.74) is 6.54. The summed E-state index contributed by atoms with van der Waals surface area (Å²) >= 11 is 3.49. The molecule has 0 saturated heterocycles. The van der Waals surface area contributed by atoms with Crippen LogP contribution in [0, 0.1) is 0 Å². The molecule has 0 aromatic heterocycles. The Morgan fingerprint density at radius 2 is 1.72 bits per heavy atom. The summed E-state index contributed by atoms with van der Waals surface area (Å²) in [6.45, 7) is 0.690. The molecule has 0 radical (unpaired) electrons. The second-order valence-corrected chi connectivity index (χ2v) is 4.71. The van der Waals surface area contributed by atoms with Crippen LogP contribution in [0.2, 0.25) is 0 Å². The molecule has 1 aromatic rings. The van der Waals surface area contributed by atoms with Crippen LogP contribution in [0.3, 0.4) is 0 Å². The number of nitrogens with two attached hydrogens (primary N) is 1. The molecular weight excluding hydrogens is 298 g/mol. The number of ether oxygens (including phenoxy) is 3. The molecule has 2 N–H and O–H groups in total. The van der Waals surface area contributed by atoms with Crippen LogP contribution in [-0.2, 0) is 6.42 Å². The van der Waals surface area contributed by atoms with E-state index in [1.54, 1.807) is 21.3 Å². The van der Waals surface area contributed by atoms with Crippen molar-refractivity contribution in [1.82, 2.24) is 0 Å². The zero-order chi connectivity index (χ0) is 13.5. The SMILES string of the molecule is COc1cc(Br)c(OC)c(CCCCN)c1OC. The lowest BCUT2D eigenvalue weighted by Gasteiger charge is -2.17. The smallest absolute Gasteiger partial charge is 0.167 e. The summed E-state index contributed by atoms with van der Waals surface area (Å²) < 4.78 is 17.1. The molecule has 0 bridgehead atoms. The van der Waals surface area contributed by atoms with Crippen LogP contribution >= 0.6 is 15.9 Å². The standard InChI is InChI=1S/C13H20BrNO3/c1-16-11-8-10(14)12(17-2)9(13(11)18-3)6-4-5-7-15/h8H,4-7,15H2,1-3H3. The Balaban J connectivity index is 3.18. The van der Waals surface area contributed by atoms with Gasteiger partial charge in [0.1, 0.15) is 5.75 Å². The van der Waals surface area contributed by atoms with Gasteiger partial charge in [-0.3, -0.25) is 0 Å². The van der Waals surface area contributed by atoms with Crippen LogP contribution in [0.15, 0.2) is 10.5 Å². The first kappa shape index (κ1) is 15.1. The van der Waals surface area contributed by atoms with E-state index < -0.39 is 0 Å². The second kappa shape index (κ2) is 7.48. The van der Waals surface area contributed by atoms with E-state index in [1.807, 2.05) is 6.07 Å². The van der Waals surface area contributed by atoms with Crippen molar-refractivity contribution in [3.63, 3.8) is 0 Å². The Morgan fingerprint density at radius 3 is 2.22 bits per heavy atom. The molecule has 0 fully saturated rings. The largest absolute Gasteiger partial charge is 0.495 e. The monoisotopic (exact) mass is 317 g/mol. The lowest BCUT2D eigenvalue weighted by Crippen LogP contribution is -2.03. The maximum absolute atomic E-state index is 5.52. The van der Waals surface area contributed by atoms with Gasteiger partial charge in [0, 0.05) is 11.6 Å². The summed E-state index contributed by atoms with van der Waals surface area (Å²) in [5.74, 6) is 2.23. The summed E-state index contributed by atoms with van der Waals surface area (Å²) in [6, 6.07) is 1.85. The van der Waals surface area contributed by atoms with E-state index in [0.29, 0.717) is 12.3 Å². The van der Waals surface area contributed by atoms with E-state index in [0.717, 1.165) is 40.8 Å². The number of rotatable bonds is 7. The van der Waals surface area contributed by atoms with Gasteiger partial charge in [-0.1, -0.05) is 0 Å². The molecule has 5 heteroatoms. The van der Waals surface area contributed by atoms with Gasteiger partial charge in [-0.2, -0.15) is 0 Å². The van der Waals surface area contributed by atoms with Crippen molar-refractivity contribution in [3.8, 4) is 17.2 Å². The third kappa shape index (κ3) is 3.29. The fourth-order valence-corrected chi connectivity index (χ4v) is 2.52. The third-order valence-electron chi connectivity index (χ3n) is 2.76. The van der Waals surface area contributed by atoms with Gasteiger partial charge >= 0.3 is 0 Å². The maximum atomic E-state index is 5.52. The van der Waals surface area contributed by atoms with Crippen LogP contribution in [-0.4, -0.2) is 27.9 Å². The highest BCUT2D eigenvalue weighted by atomic mass is 79.9. The molecule has 0 saturated carbocycles. The summed E-state index contributed by atoms with van der Waals surface area (Å²) in [7, 11) is 4.91. The Labute approximate surface area is 117 Å². The molecule has 0 heterocycles. The number of hydrogen-bond donors (Lipinski definition) is 1. The van der Waals surface area contributed by atoms with Gasteiger partial charge in [-0.25, -0.2) is 0 Å². The number of unbranched alkanes of at least 4 members (excludes halogenated alkanes) is 1. The van der Waals surface area contributed by atoms with Crippen LogP contribution in [0.5, 0.6) is 17.2 Å². The normalized spacial score (nSPS) is 10.3. The number of hydrogen-bond acceptors (Lipinski definition) is 4. The summed E-state index contributed by atoms with van der Waals surface area (Å²) in [5, 5.41) is 0. The molecule has 0 aliphatic carbocycles. The average molecular weight is 318 g/mol. The topological polar surface area (TPSA) is 53.7 Å². The fourth-order valence-electron chi connectivity index (χ4n) is 1.91. The van der Waals surface area contributed by atoms with Gasteiger partial charge in [0.05, 0.1) is 25.8 Å². The third-order valence-corrected chi connectivity index (χ3v) is 3.34. The van der Waals surface area contributed by atoms with Gasteiger partial charge in [-0.15, -0.1) is 0 Å². The second-order valence-electron chi connectivity index (χ2n) is 3.85. The molecule has 18 heavy (non-hydrogen) atoms. The van der Waals surface area contributed by atoms with E-state index in [4.69, 9.17) is 19.9 Å². The lowest BCUT2D eigenvalue weighted by molar-refractivity contribution is 0.342. The first-order valence-electron chi connectivity index (χ1n) is 5.87. The lowest BCUT2D eigenvalue weighted by atomic mass is 10.0. The van der Waals surface area contributed by atoms with E-state index in [-0.39, 0.29) is 0 Å². The Kier molecular flexibility index (Phi) is 6.29.